The van der Waals surface area contributed by atoms with Crippen LogP contribution in [0.4, 0.5) is 4.39 Å². The van der Waals surface area contributed by atoms with Crippen molar-refractivity contribution in [3.63, 3.8) is 0 Å². The van der Waals surface area contributed by atoms with Crippen LogP contribution >= 0.6 is 0 Å². The Balaban J connectivity index is 2.15. The predicted molar refractivity (Wildman–Crippen MR) is 73.2 cm³/mol. The molecule has 102 valence electrons. The van der Waals surface area contributed by atoms with E-state index in [9.17, 15) is 4.39 Å². The van der Waals surface area contributed by atoms with Crippen molar-refractivity contribution in [2.75, 3.05) is 13.7 Å². The molecule has 3 nitrogen and oxygen atoms in total. The van der Waals surface area contributed by atoms with Gasteiger partial charge in [-0.1, -0.05) is 18.2 Å². The maximum atomic E-state index is 13.4. The molecular formula is C16H14FNO2. The van der Waals surface area contributed by atoms with Crippen molar-refractivity contribution in [2.24, 2.45) is 0 Å². The summed E-state index contributed by atoms with van der Waals surface area (Å²) in [7, 11) is 1.66. The van der Waals surface area contributed by atoms with Crippen LogP contribution in [0, 0.1) is 17.1 Å². The topological polar surface area (TPSA) is 42.2 Å². The van der Waals surface area contributed by atoms with Crippen LogP contribution in [-0.4, -0.2) is 13.7 Å². The van der Waals surface area contributed by atoms with Gasteiger partial charge in [0.1, 0.15) is 28.9 Å². The Labute approximate surface area is 117 Å². The summed E-state index contributed by atoms with van der Waals surface area (Å²) in [4.78, 5) is 0. The molecule has 0 amide bonds. The number of halogens is 1. The second-order valence-corrected chi connectivity index (χ2v) is 4.21. The number of benzene rings is 2. The van der Waals surface area contributed by atoms with E-state index in [0.29, 0.717) is 12.4 Å². The third-order valence-corrected chi connectivity index (χ3v) is 2.83. The zero-order valence-corrected chi connectivity index (χ0v) is 11.1. The quantitative estimate of drug-likeness (QED) is 0.833. The van der Waals surface area contributed by atoms with Crippen LogP contribution in [0.1, 0.15) is 11.1 Å². The van der Waals surface area contributed by atoms with E-state index in [1.807, 2.05) is 12.1 Å². The van der Waals surface area contributed by atoms with Gasteiger partial charge in [-0.05, 0) is 36.2 Å². The van der Waals surface area contributed by atoms with E-state index in [2.05, 4.69) is 0 Å². The van der Waals surface area contributed by atoms with Crippen LogP contribution in [0.2, 0.25) is 0 Å². The molecule has 0 radical (unpaired) electrons. The van der Waals surface area contributed by atoms with Crippen LogP contribution < -0.4 is 4.74 Å². The summed E-state index contributed by atoms with van der Waals surface area (Å²) in [5.41, 5.74) is 1.04. The largest absolute Gasteiger partial charge is 0.456 e. The zero-order chi connectivity index (χ0) is 14.4. The normalized spacial score (nSPS) is 10.1. The Morgan fingerprint density at radius 2 is 1.90 bits per heavy atom. The molecule has 0 aromatic heterocycles. The summed E-state index contributed by atoms with van der Waals surface area (Å²) in [6, 6.07) is 13.5. The number of hydrogen-bond donors (Lipinski definition) is 0. The molecule has 4 heteroatoms. The summed E-state index contributed by atoms with van der Waals surface area (Å²) < 4.78 is 24.0. The number of nitrogens with zero attached hydrogens (tertiary/aromatic N) is 1. The lowest BCUT2D eigenvalue weighted by Gasteiger charge is -2.08. The van der Waals surface area contributed by atoms with Gasteiger partial charge < -0.3 is 9.47 Å². The fourth-order valence-corrected chi connectivity index (χ4v) is 1.77. The third kappa shape index (κ3) is 3.34. The molecule has 0 saturated carbocycles. The zero-order valence-electron chi connectivity index (χ0n) is 11.1. The predicted octanol–water partition coefficient (Wildman–Crippen LogP) is 3.68. The van der Waals surface area contributed by atoms with Crippen molar-refractivity contribution in [1.82, 2.24) is 0 Å². The third-order valence-electron chi connectivity index (χ3n) is 2.83. The molecule has 2 aromatic carbocycles. The number of rotatable bonds is 5. The van der Waals surface area contributed by atoms with Gasteiger partial charge in [0.15, 0.2) is 0 Å². The van der Waals surface area contributed by atoms with Gasteiger partial charge in [-0.25, -0.2) is 4.39 Å². The van der Waals surface area contributed by atoms with E-state index < -0.39 is 5.82 Å². The molecule has 0 atom stereocenters. The average Bonchev–Trinajstić information content (AvgIpc) is 2.47. The summed E-state index contributed by atoms with van der Waals surface area (Å²) >= 11 is 0. The van der Waals surface area contributed by atoms with E-state index in [-0.39, 0.29) is 11.3 Å². The van der Waals surface area contributed by atoms with Crippen LogP contribution in [-0.2, 0) is 11.2 Å². The van der Waals surface area contributed by atoms with Gasteiger partial charge in [0.05, 0.1) is 6.61 Å². The molecule has 0 spiro atoms. The fourth-order valence-electron chi connectivity index (χ4n) is 1.77. The summed E-state index contributed by atoms with van der Waals surface area (Å²) in [5, 5.41) is 8.93. The molecule has 0 N–H and O–H groups in total. The molecule has 0 aliphatic rings. The van der Waals surface area contributed by atoms with E-state index in [1.165, 1.54) is 12.1 Å². The number of hydrogen-bond acceptors (Lipinski definition) is 3. The first-order valence-corrected chi connectivity index (χ1v) is 6.19. The van der Waals surface area contributed by atoms with Crippen molar-refractivity contribution >= 4 is 0 Å². The van der Waals surface area contributed by atoms with Crippen LogP contribution in [0.5, 0.6) is 11.5 Å². The maximum absolute atomic E-state index is 13.4. The molecule has 2 aromatic rings. The van der Waals surface area contributed by atoms with E-state index in [0.717, 1.165) is 12.0 Å². The highest BCUT2D eigenvalue weighted by molar-refractivity contribution is 5.46. The van der Waals surface area contributed by atoms with Crippen molar-refractivity contribution in [3.05, 3.63) is 59.4 Å². The van der Waals surface area contributed by atoms with Gasteiger partial charge in [-0.3, -0.25) is 0 Å². The minimum absolute atomic E-state index is 0.0871. The highest BCUT2D eigenvalue weighted by atomic mass is 19.1. The smallest absolute Gasteiger partial charge is 0.148 e. The fraction of sp³-hybridized carbons (Fsp3) is 0.188. The Morgan fingerprint density at radius 3 is 2.55 bits per heavy atom. The first-order valence-electron chi connectivity index (χ1n) is 6.19. The molecule has 2 rings (SSSR count). The molecule has 0 fully saturated rings. The van der Waals surface area contributed by atoms with Gasteiger partial charge in [0.25, 0.3) is 0 Å². The Hall–Kier alpha value is -2.38. The van der Waals surface area contributed by atoms with Crippen LogP contribution in [0.15, 0.2) is 42.5 Å². The highest BCUT2D eigenvalue weighted by Gasteiger charge is 2.09. The lowest BCUT2D eigenvalue weighted by atomic mass is 10.1. The molecular weight excluding hydrogens is 257 g/mol. The average molecular weight is 271 g/mol. The standard InChI is InChI=1S/C16H14FNO2/c1-19-10-9-12-5-7-13(8-6-12)20-16-4-2-3-15(17)14(16)11-18/h2-8H,9-10H2,1H3. The first-order chi connectivity index (χ1) is 9.74. The Kier molecular flexibility index (Phi) is 4.70. The Morgan fingerprint density at radius 1 is 1.15 bits per heavy atom. The highest BCUT2D eigenvalue weighted by Crippen LogP contribution is 2.26. The van der Waals surface area contributed by atoms with E-state index >= 15 is 0 Å². The van der Waals surface area contributed by atoms with Gasteiger partial charge in [0, 0.05) is 7.11 Å². The monoisotopic (exact) mass is 271 g/mol. The summed E-state index contributed by atoms with van der Waals surface area (Å²) in [6.07, 6.45) is 0.820. The minimum atomic E-state index is -0.582. The Bertz CT molecular complexity index is 617. The van der Waals surface area contributed by atoms with Crippen molar-refractivity contribution in [3.8, 4) is 17.6 Å². The number of nitriles is 1. The van der Waals surface area contributed by atoms with Gasteiger partial charge in [0.2, 0.25) is 0 Å². The first kappa shape index (κ1) is 14.0. The lowest BCUT2D eigenvalue weighted by Crippen LogP contribution is -1.95. The second-order valence-electron chi connectivity index (χ2n) is 4.21. The molecule has 0 aliphatic carbocycles. The van der Waals surface area contributed by atoms with Crippen molar-refractivity contribution in [1.29, 1.82) is 5.26 Å². The molecule has 20 heavy (non-hydrogen) atoms. The molecule has 0 unspecified atom stereocenters. The van der Waals surface area contributed by atoms with Crippen LogP contribution in [0.3, 0.4) is 0 Å². The van der Waals surface area contributed by atoms with E-state index in [4.69, 9.17) is 14.7 Å². The maximum Gasteiger partial charge on any atom is 0.148 e. The van der Waals surface area contributed by atoms with Crippen molar-refractivity contribution < 1.29 is 13.9 Å². The second kappa shape index (κ2) is 6.69. The number of ether oxygens (including phenoxy) is 2. The van der Waals surface area contributed by atoms with Gasteiger partial charge >= 0.3 is 0 Å². The molecule has 0 bridgehead atoms. The summed E-state index contributed by atoms with van der Waals surface area (Å²) in [6.45, 7) is 0.655. The molecule has 0 aliphatic heterocycles. The SMILES string of the molecule is COCCc1ccc(Oc2cccc(F)c2C#N)cc1. The van der Waals surface area contributed by atoms with Crippen LogP contribution in [0.25, 0.3) is 0 Å². The molecule has 0 saturated heterocycles. The van der Waals surface area contributed by atoms with E-state index in [1.54, 1.807) is 31.4 Å². The van der Waals surface area contributed by atoms with Crippen molar-refractivity contribution in [2.45, 2.75) is 6.42 Å². The lowest BCUT2D eigenvalue weighted by molar-refractivity contribution is 0.202. The number of methoxy groups -OCH3 is 1. The minimum Gasteiger partial charge on any atom is -0.456 e. The van der Waals surface area contributed by atoms with Gasteiger partial charge in [-0.15, -0.1) is 0 Å². The summed E-state index contributed by atoms with van der Waals surface area (Å²) in [5.74, 6) is 0.201. The molecule has 0 heterocycles. The van der Waals surface area contributed by atoms with Gasteiger partial charge in [-0.2, -0.15) is 5.26 Å².